The first-order valence-electron chi connectivity index (χ1n) is 6.44. The highest BCUT2D eigenvalue weighted by molar-refractivity contribution is 14.0. The Morgan fingerprint density at radius 2 is 2.19 bits per heavy atom. The Kier molecular flexibility index (Phi) is 7.73. The average Bonchev–Trinajstić information content (AvgIpc) is 2.95. The molecule has 114 valence electrons. The van der Waals surface area contributed by atoms with Crippen LogP contribution in [0.15, 0.2) is 46.1 Å². The topological polar surface area (TPSA) is 62.5 Å². The van der Waals surface area contributed by atoms with Gasteiger partial charge in [-0.05, 0) is 24.6 Å². The van der Waals surface area contributed by atoms with Crippen molar-refractivity contribution in [3.8, 4) is 0 Å². The van der Waals surface area contributed by atoms with Crippen molar-refractivity contribution in [1.29, 1.82) is 0 Å². The lowest BCUT2D eigenvalue weighted by Gasteiger charge is -2.09. The van der Waals surface area contributed by atoms with Crippen LogP contribution in [0, 0.1) is 5.82 Å². The van der Waals surface area contributed by atoms with Crippen LogP contribution in [0.1, 0.15) is 18.2 Å². The van der Waals surface area contributed by atoms with E-state index in [1.54, 1.807) is 12.1 Å². The molecule has 0 unspecified atom stereocenters. The summed E-state index contributed by atoms with van der Waals surface area (Å²) >= 11 is 0. The highest BCUT2D eigenvalue weighted by Gasteiger charge is 2.01. The third kappa shape index (κ3) is 6.11. The molecule has 0 bridgehead atoms. The Bertz CT molecular complexity index is 560. The first kappa shape index (κ1) is 17.4. The summed E-state index contributed by atoms with van der Waals surface area (Å²) in [6.45, 7) is 3.65. The zero-order valence-electron chi connectivity index (χ0n) is 11.7. The molecule has 0 aliphatic heterocycles. The van der Waals surface area contributed by atoms with E-state index in [-0.39, 0.29) is 29.8 Å². The fourth-order valence-electron chi connectivity index (χ4n) is 1.65. The molecule has 0 saturated carbocycles. The lowest BCUT2D eigenvalue weighted by molar-refractivity contribution is 0.410. The van der Waals surface area contributed by atoms with Crippen LogP contribution in [0.3, 0.4) is 0 Å². The summed E-state index contributed by atoms with van der Waals surface area (Å²) < 4.78 is 17.8. The molecule has 0 spiro atoms. The van der Waals surface area contributed by atoms with Crippen LogP contribution in [0.4, 0.5) is 4.39 Å². The Hall–Kier alpha value is -1.64. The Morgan fingerprint density at radius 1 is 1.33 bits per heavy atom. The molecule has 1 aromatic carbocycles. The van der Waals surface area contributed by atoms with E-state index in [0.29, 0.717) is 19.0 Å². The second-order valence-corrected chi connectivity index (χ2v) is 4.17. The van der Waals surface area contributed by atoms with Gasteiger partial charge < -0.3 is 15.2 Å². The molecule has 0 saturated heterocycles. The van der Waals surface area contributed by atoms with E-state index >= 15 is 0 Å². The zero-order valence-corrected chi connectivity index (χ0v) is 14.0. The lowest BCUT2D eigenvalue weighted by Crippen LogP contribution is -2.36. The summed E-state index contributed by atoms with van der Waals surface area (Å²) in [5.74, 6) is 0.401. The molecule has 2 N–H and O–H groups in total. The summed E-state index contributed by atoms with van der Waals surface area (Å²) in [6.07, 6.45) is 1.52. The zero-order chi connectivity index (χ0) is 14.2. The molecule has 0 fully saturated rings. The molecular formula is C14H18FIN4O. The van der Waals surface area contributed by atoms with Crippen LogP contribution < -0.4 is 10.6 Å². The maximum Gasteiger partial charge on any atom is 0.191 e. The largest absolute Gasteiger partial charge is 0.364 e. The molecule has 0 aliphatic rings. The van der Waals surface area contributed by atoms with Crippen LogP contribution in [0.5, 0.6) is 0 Å². The van der Waals surface area contributed by atoms with Crippen molar-refractivity contribution >= 4 is 29.9 Å². The van der Waals surface area contributed by atoms with Crippen molar-refractivity contribution in [1.82, 2.24) is 15.8 Å². The quantitative estimate of drug-likeness (QED) is 0.457. The van der Waals surface area contributed by atoms with Gasteiger partial charge in [0.2, 0.25) is 0 Å². The van der Waals surface area contributed by atoms with Gasteiger partial charge in [-0.25, -0.2) is 9.38 Å². The highest BCUT2D eigenvalue weighted by atomic mass is 127. The highest BCUT2D eigenvalue weighted by Crippen LogP contribution is 2.04. The van der Waals surface area contributed by atoms with E-state index in [1.807, 2.05) is 13.0 Å². The number of aliphatic imine (C=N–C) groups is 1. The average molecular weight is 404 g/mol. The molecule has 5 nitrogen and oxygen atoms in total. The fourth-order valence-corrected chi connectivity index (χ4v) is 1.65. The van der Waals surface area contributed by atoms with Crippen molar-refractivity contribution in [2.45, 2.75) is 20.0 Å². The van der Waals surface area contributed by atoms with E-state index in [2.05, 4.69) is 20.8 Å². The van der Waals surface area contributed by atoms with Crippen molar-refractivity contribution in [3.05, 3.63) is 53.7 Å². The smallest absolute Gasteiger partial charge is 0.191 e. The van der Waals surface area contributed by atoms with Gasteiger partial charge in [0, 0.05) is 12.6 Å². The van der Waals surface area contributed by atoms with Gasteiger partial charge in [-0.2, -0.15) is 0 Å². The monoisotopic (exact) mass is 404 g/mol. The van der Waals surface area contributed by atoms with Gasteiger partial charge in [0.15, 0.2) is 5.96 Å². The minimum atomic E-state index is -0.252. The molecular weight excluding hydrogens is 386 g/mol. The van der Waals surface area contributed by atoms with Crippen molar-refractivity contribution in [3.63, 3.8) is 0 Å². The molecule has 2 aromatic rings. The third-order valence-corrected chi connectivity index (χ3v) is 2.58. The van der Waals surface area contributed by atoms with Gasteiger partial charge in [-0.3, -0.25) is 0 Å². The number of hydrogen-bond acceptors (Lipinski definition) is 3. The SMILES string of the molecule is CCNC(=NCc1cccc(F)c1)NCc1ccon1.I. The van der Waals surface area contributed by atoms with Gasteiger partial charge in [0.1, 0.15) is 17.8 Å². The number of benzene rings is 1. The fraction of sp³-hybridized carbons (Fsp3) is 0.286. The first-order valence-corrected chi connectivity index (χ1v) is 6.44. The van der Waals surface area contributed by atoms with Gasteiger partial charge >= 0.3 is 0 Å². The maximum absolute atomic E-state index is 13.1. The summed E-state index contributed by atoms with van der Waals surface area (Å²) in [6, 6.07) is 8.19. The van der Waals surface area contributed by atoms with Crippen LogP contribution in [-0.4, -0.2) is 17.7 Å². The Morgan fingerprint density at radius 3 is 2.86 bits per heavy atom. The van der Waals surface area contributed by atoms with Crippen LogP contribution >= 0.6 is 24.0 Å². The summed E-state index contributed by atoms with van der Waals surface area (Å²) in [4.78, 5) is 4.39. The number of aromatic nitrogens is 1. The van der Waals surface area contributed by atoms with Gasteiger partial charge in [0.25, 0.3) is 0 Å². The van der Waals surface area contributed by atoms with Crippen LogP contribution in [0.2, 0.25) is 0 Å². The van der Waals surface area contributed by atoms with Gasteiger partial charge in [-0.15, -0.1) is 24.0 Å². The third-order valence-electron chi connectivity index (χ3n) is 2.58. The molecule has 0 atom stereocenters. The molecule has 7 heteroatoms. The second kappa shape index (κ2) is 9.32. The molecule has 2 rings (SSSR count). The van der Waals surface area contributed by atoms with Crippen molar-refractivity contribution in [2.24, 2.45) is 4.99 Å². The molecule has 1 aromatic heterocycles. The Balaban J connectivity index is 0.00000220. The molecule has 0 radical (unpaired) electrons. The maximum atomic E-state index is 13.1. The van der Waals surface area contributed by atoms with E-state index in [1.165, 1.54) is 18.4 Å². The summed E-state index contributed by atoms with van der Waals surface area (Å²) in [5.41, 5.74) is 1.62. The van der Waals surface area contributed by atoms with E-state index in [0.717, 1.165) is 17.8 Å². The molecule has 0 amide bonds. The number of guanidine groups is 1. The normalized spacial score (nSPS) is 10.9. The first-order chi connectivity index (χ1) is 9.78. The Labute approximate surface area is 140 Å². The number of nitrogens with zero attached hydrogens (tertiary/aromatic N) is 2. The van der Waals surface area contributed by atoms with E-state index < -0.39 is 0 Å². The van der Waals surface area contributed by atoms with Crippen molar-refractivity contribution < 1.29 is 8.91 Å². The number of rotatable bonds is 5. The second-order valence-electron chi connectivity index (χ2n) is 4.17. The molecule has 0 aliphatic carbocycles. The van der Waals surface area contributed by atoms with Gasteiger partial charge in [-0.1, -0.05) is 17.3 Å². The minimum Gasteiger partial charge on any atom is -0.364 e. The van der Waals surface area contributed by atoms with Crippen LogP contribution in [-0.2, 0) is 13.1 Å². The molecule has 1 heterocycles. The summed E-state index contributed by atoms with van der Waals surface area (Å²) in [7, 11) is 0. The summed E-state index contributed by atoms with van der Waals surface area (Å²) in [5, 5.41) is 10.1. The van der Waals surface area contributed by atoms with Gasteiger partial charge in [0.05, 0.1) is 13.1 Å². The van der Waals surface area contributed by atoms with Crippen LogP contribution in [0.25, 0.3) is 0 Å². The number of nitrogens with one attached hydrogen (secondary N) is 2. The molecule has 21 heavy (non-hydrogen) atoms. The lowest BCUT2D eigenvalue weighted by atomic mass is 10.2. The van der Waals surface area contributed by atoms with E-state index in [4.69, 9.17) is 4.52 Å². The standard InChI is InChI=1S/C14H17FN4O.HI/c1-2-16-14(18-10-13-6-7-20-19-13)17-9-11-4-3-5-12(15)8-11;/h3-8H,2,9-10H2,1H3,(H2,16,17,18);1H. The van der Waals surface area contributed by atoms with E-state index in [9.17, 15) is 4.39 Å². The minimum absolute atomic E-state index is 0. The predicted octanol–water partition coefficient (Wildman–Crippen LogP) is 2.69. The van der Waals surface area contributed by atoms with Crippen molar-refractivity contribution in [2.75, 3.05) is 6.54 Å². The predicted molar refractivity (Wildman–Crippen MR) is 90.0 cm³/mol. The number of hydrogen-bond donors (Lipinski definition) is 2. The number of halogens is 2.